The molecule has 0 aromatic heterocycles. The number of esters is 1. The molecule has 0 spiro atoms. The Hall–Kier alpha value is -3.71. The number of amides is 1. The lowest BCUT2D eigenvalue weighted by Gasteiger charge is -2.28. The highest BCUT2D eigenvalue weighted by molar-refractivity contribution is 6.01. The molecular weight excluding hydrogens is 425 g/mol. The Balaban J connectivity index is 1.57. The fourth-order valence-corrected chi connectivity index (χ4v) is 4.30. The van der Waals surface area contributed by atoms with E-state index in [1.54, 1.807) is 41.3 Å². The highest BCUT2D eigenvalue weighted by atomic mass is 19.1. The number of nitrogens with zero attached hydrogens (tertiary/aromatic N) is 1. The average Bonchev–Trinajstić information content (AvgIpc) is 2.87. The highest BCUT2D eigenvalue weighted by Crippen LogP contribution is 2.42. The van der Waals surface area contributed by atoms with Gasteiger partial charge < -0.3 is 19.1 Å². The van der Waals surface area contributed by atoms with Crippen molar-refractivity contribution in [3.63, 3.8) is 0 Å². The molecule has 2 aliphatic rings. The number of ether oxygens (including phenoxy) is 3. The van der Waals surface area contributed by atoms with E-state index >= 15 is 0 Å². The standard InChI is InChI=1S/C26H22FNO5/c1-31-26(30)22-13-21-18-7-6-16(25(29)28-8-10-32-11-9-28)12-17(18)15-33-24(21)14-20(22)19-4-2-3-5-23(19)27/h2-7,12-14H,8-11,15H2,1H3. The Morgan fingerprint density at radius 3 is 2.48 bits per heavy atom. The molecule has 1 saturated heterocycles. The molecule has 3 aromatic rings. The zero-order valence-corrected chi connectivity index (χ0v) is 18.1. The average molecular weight is 447 g/mol. The van der Waals surface area contributed by atoms with E-state index in [2.05, 4.69) is 0 Å². The lowest BCUT2D eigenvalue weighted by molar-refractivity contribution is 0.0302. The number of methoxy groups -OCH3 is 1. The van der Waals surface area contributed by atoms with E-state index in [1.807, 2.05) is 12.1 Å². The topological polar surface area (TPSA) is 65.1 Å². The number of halogens is 1. The van der Waals surface area contributed by atoms with Crippen LogP contribution in [-0.4, -0.2) is 50.2 Å². The van der Waals surface area contributed by atoms with Crippen LogP contribution < -0.4 is 4.74 Å². The molecule has 2 aliphatic heterocycles. The molecule has 0 radical (unpaired) electrons. The number of carbonyl (C=O) groups is 2. The molecule has 168 valence electrons. The predicted octanol–water partition coefficient (Wildman–Crippen LogP) is 4.31. The predicted molar refractivity (Wildman–Crippen MR) is 120 cm³/mol. The van der Waals surface area contributed by atoms with Crippen LogP contribution in [0.5, 0.6) is 5.75 Å². The summed E-state index contributed by atoms with van der Waals surface area (Å²) >= 11 is 0. The quantitative estimate of drug-likeness (QED) is 0.560. The van der Waals surface area contributed by atoms with Crippen LogP contribution in [0.4, 0.5) is 4.39 Å². The smallest absolute Gasteiger partial charge is 0.338 e. The number of morpholine rings is 1. The minimum absolute atomic E-state index is 0.0444. The van der Waals surface area contributed by atoms with Crippen LogP contribution in [0.2, 0.25) is 0 Å². The maximum absolute atomic E-state index is 14.5. The molecule has 5 rings (SSSR count). The molecule has 0 unspecified atom stereocenters. The van der Waals surface area contributed by atoms with Crippen LogP contribution in [0.25, 0.3) is 22.3 Å². The van der Waals surface area contributed by atoms with Crippen LogP contribution in [0, 0.1) is 5.82 Å². The third-order valence-corrected chi connectivity index (χ3v) is 6.01. The van der Waals surface area contributed by atoms with Crippen molar-refractivity contribution in [2.75, 3.05) is 33.4 Å². The Kier molecular flexibility index (Phi) is 5.56. The van der Waals surface area contributed by atoms with Crippen molar-refractivity contribution in [1.29, 1.82) is 0 Å². The van der Waals surface area contributed by atoms with Gasteiger partial charge in [0.15, 0.2) is 0 Å². The van der Waals surface area contributed by atoms with Crippen LogP contribution in [-0.2, 0) is 16.1 Å². The Bertz CT molecular complexity index is 1250. The molecule has 0 saturated carbocycles. The molecule has 3 aromatic carbocycles. The maximum Gasteiger partial charge on any atom is 0.338 e. The summed E-state index contributed by atoms with van der Waals surface area (Å²) in [5, 5.41) is 0. The third kappa shape index (κ3) is 3.85. The van der Waals surface area contributed by atoms with E-state index in [9.17, 15) is 14.0 Å². The summed E-state index contributed by atoms with van der Waals surface area (Å²) in [6.45, 7) is 2.47. The van der Waals surface area contributed by atoms with Gasteiger partial charge >= 0.3 is 5.97 Å². The normalized spacial score (nSPS) is 14.7. The summed E-state index contributed by atoms with van der Waals surface area (Å²) in [6.07, 6.45) is 0. The zero-order chi connectivity index (χ0) is 22.9. The number of rotatable bonds is 3. The molecule has 0 bridgehead atoms. The molecule has 0 atom stereocenters. The van der Waals surface area contributed by atoms with E-state index in [4.69, 9.17) is 14.2 Å². The van der Waals surface area contributed by atoms with Gasteiger partial charge in [-0.25, -0.2) is 9.18 Å². The van der Waals surface area contributed by atoms with Crippen molar-refractivity contribution in [3.05, 3.63) is 77.1 Å². The number of hydrogen-bond acceptors (Lipinski definition) is 5. The van der Waals surface area contributed by atoms with Gasteiger partial charge in [-0.15, -0.1) is 0 Å². The molecule has 1 fully saturated rings. The first-order chi connectivity index (χ1) is 16.1. The first kappa shape index (κ1) is 21.2. The molecule has 2 heterocycles. The number of hydrogen-bond donors (Lipinski definition) is 0. The van der Waals surface area contributed by atoms with E-state index in [0.29, 0.717) is 54.3 Å². The Morgan fingerprint density at radius 2 is 1.73 bits per heavy atom. The zero-order valence-electron chi connectivity index (χ0n) is 18.1. The van der Waals surface area contributed by atoms with E-state index < -0.39 is 11.8 Å². The first-order valence-electron chi connectivity index (χ1n) is 10.7. The van der Waals surface area contributed by atoms with Crippen molar-refractivity contribution in [1.82, 2.24) is 4.90 Å². The second kappa shape index (κ2) is 8.67. The lowest BCUT2D eigenvalue weighted by Crippen LogP contribution is -2.40. The third-order valence-electron chi connectivity index (χ3n) is 6.01. The number of fused-ring (bicyclic) bond motifs is 3. The molecule has 0 aliphatic carbocycles. The van der Waals surface area contributed by atoms with E-state index in [1.165, 1.54) is 13.2 Å². The van der Waals surface area contributed by atoms with Gasteiger partial charge in [0, 0.05) is 35.3 Å². The second-order valence-electron chi connectivity index (χ2n) is 7.93. The SMILES string of the molecule is COC(=O)c1cc2c(cc1-c1ccccc1F)OCc1cc(C(=O)N3CCOCC3)ccc1-2. The van der Waals surface area contributed by atoms with Crippen LogP contribution in [0.3, 0.4) is 0 Å². The van der Waals surface area contributed by atoms with Gasteiger partial charge in [-0.3, -0.25) is 4.79 Å². The largest absolute Gasteiger partial charge is 0.488 e. The number of carbonyl (C=O) groups excluding carboxylic acids is 2. The summed E-state index contributed by atoms with van der Waals surface area (Å²) in [6, 6.07) is 15.1. The van der Waals surface area contributed by atoms with Crippen molar-refractivity contribution in [2.45, 2.75) is 6.61 Å². The van der Waals surface area contributed by atoms with Crippen molar-refractivity contribution < 1.29 is 28.2 Å². The van der Waals surface area contributed by atoms with E-state index in [-0.39, 0.29) is 18.1 Å². The summed E-state index contributed by atoms with van der Waals surface area (Å²) in [7, 11) is 1.29. The van der Waals surface area contributed by atoms with Gasteiger partial charge in [0.25, 0.3) is 5.91 Å². The second-order valence-corrected chi connectivity index (χ2v) is 7.93. The molecule has 6 nitrogen and oxygen atoms in total. The van der Waals surface area contributed by atoms with Gasteiger partial charge in [0.05, 0.1) is 25.9 Å². The molecule has 33 heavy (non-hydrogen) atoms. The minimum atomic E-state index is -0.567. The lowest BCUT2D eigenvalue weighted by atomic mass is 9.90. The molecule has 7 heteroatoms. The summed E-state index contributed by atoms with van der Waals surface area (Å²) < 4.78 is 30.8. The van der Waals surface area contributed by atoms with Crippen LogP contribution in [0.1, 0.15) is 26.3 Å². The fourth-order valence-electron chi connectivity index (χ4n) is 4.30. The molecule has 0 N–H and O–H groups in total. The Morgan fingerprint density at radius 1 is 0.939 bits per heavy atom. The van der Waals surface area contributed by atoms with Crippen molar-refractivity contribution >= 4 is 11.9 Å². The summed E-state index contributed by atoms with van der Waals surface area (Å²) in [5.41, 5.74) is 3.92. The van der Waals surface area contributed by atoms with Crippen molar-refractivity contribution in [3.8, 4) is 28.0 Å². The van der Waals surface area contributed by atoms with Gasteiger partial charge in [-0.2, -0.15) is 0 Å². The monoisotopic (exact) mass is 447 g/mol. The summed E-state index contributed by atoms with van der Waals surface area (Å²) in [4.78, 5) is 27.2. The van der Waals surface area contributed by atoms with Gasteiger partial charge in [0.2, 0.25) is 0 Å². The van der Waals surface area contributed by atoms with Gasteiger partial charge in [-0.1, -0.05) is 24.3 Å². The van der Waals surface area contributed by atoms with Gasteiger partial charge in [-0.05, 0) is 41.5 Å². The minimum Gasteiger partial charge on any atom is -0.488 e. The van der Waals surface area contributed by atoms with Crippen LogP contribution >= 0.6 is 0 Å². The van der Waals surface area contributed by atoms with E-state index in [0.717, 1.165) is 11.1 Å². The number of benzene rings is 3. The fraction of sp³-hybridized carbons (Fsp3) is 0.231. The summed E-state index contributed by atoms with van der Waals surface area (Å²) in [5.74, 6) is -0.509. The van der Waals surface area contributed by atoms with Crippen molar-refractivity contribution in [2.24, 2.45) is 0 Å². The first-order valence-corrected chi connectivity index (χ1v) is 10.7. The Labute approximate surface area is 190 Å². The molecule has 1 amide bonds. The highest BCUT2D eigenvalue weighted by Gasteiger charge is 2.26. The van der Waals surface area contributed by atoms with Crippen LogP contribution in [0.15, 0.2) is 54.6 Å². The van der Waals surface area contributed by atoms with Gasteiger partial charge in [0.1, 0.15) is 18.2 Å². The maximum atomic E-state index is 14.5. The molecular formula is C26H22FNO5.